The number of rotatable bonds is 3. The van der Waals surface area contributed by atoms with E-state index in [-0.39, 0.29) is 6.10 Å². The van der Waals surface area contributed by atoms with E-state index >= 15 is 0 Å². The molecule has 3 nitrogen and oxygen atoms in total. The molecule has 0 aliphatic carbocycles. The zero-order chi connectivity index (χ0) is 13.2. The smallest absolute Gasteiger partial charge is 0.163 e. The molecule has 0 amide bonds. The first-order chi connectivity index (χ1) is 8.53. The van der Waals surface area contributed by atoms with Crippen LogP contribution >= 0.6 is 0 Å². The standard InChI is InChI=1S/C15H18O3/c1-4-12(11-8-6-5-7-9-11)14(16)13-10-17-15(2,3)18-13/h5-9,13-14,16H,1,10H2,2-3H3/t13-,14?/m1/s1. The Hall–Kier alpha value is -1.38. The van der Waals surface area contributed by atoms with Gasteiger partial charge in [0.2, 0.25) is 0 Å². The molecule has 1 fully saturated rings. The summed E-state index contributed by atoms with van der Waals surface area (Å²) < 4.78 is 11.1. The summed E-state index contributed by atoms with van der Waals surface area (Å²) >= 11 is 0. The Bertz CT molecular complexity index is 458. The third kappa shape index (κ3) is 2.71. The summed E-state index contributed by atoms with van der Waals surface area (Å²) in [6.45, 7) is 7.68. The number of aliphatic hydroxyl groups is 1. The van der Waals surface area contributed by atoms with E-state index in [1.54, 1.807) is 0 Å². The molecule has 1 N–H and O–H groups in total. The van der Waals surface area contributed by atoms with E-state index in [0.29, 0.717) is 12.2 Å². The molecule has 1 unspecified atom stereocenters. The van der Waals surface area contributed by atoms with Gasteiger partial charge in [0, 0.05) is 5.57 Å². The molecule has 2 atom stereocenters. The van der Waals surface area contributed by atoms with Crippen LogP contribution in [0.3, 0.4) is 0 Å². The van der Waals surface area contributed by atoms with E-state index in [1.165, 1.54) is 0 Å². The zero-order valence-corrected chi connectivity index (χ0v) is 10.7. The monoisotopic (exact) mass is 246 g/mol. The molecular weight excluding hydrogens is 228 g/mol. The lowest BCUT2D eigenvalue weighted by Crippen LogP contribution is -2.31. The summed E-state index contributed by atoms with van der Waals surface area (Å²) in [6.07, 6.45) is -1.17. The van der Waals surface area contributed by atoms with Gasteiger partial charge in [0.15, 0.2) is 5.79 Å². The molecular formula is C15H18O3. The van der Waals surface area contributed by atoms with Crippen LogP contribution in [0.4, 0.5) is 0 Å². The Morgan fingerprint density at radius 3 is 2.61 bits per heavy atom. The number of hydrogen-bond donors (Lipinski definition) is 1. The molecule has 0 radical (unpaired) electrons. The summed E-state index contributed by atoms with van der Waals surface area (Å²) in [5, 5.41) is 10.3. The van der Waals surface area contributed by atoms with Crippen molar-refractivity contribution in [1.29, 1.82) is 0 Å². The summed E-state index contributed by atoms with van der Waals surface area (Å²) in [4.78, 5) is 0. The lowest BCUT2D eigenvalue weighted by molar-refractivity contribution is -0.146. The molecule has 96 valence electrons. The van der Waals surface area contributed by atoms with Crippen molar-refractivity contribution in [3.05, 3.63) is 48.2 Å². The first-order valence-corrected chi connectivity index (χ1v) is 5.99. The Kier molecular flexibility index (Phi) is 3.69. The molecule has 0 saturated carbocycles. The molecule has 2 rings (SSSR count). The quantitative estimate of drug-likeness (QED) is 0.832. The Morgan fingerprint density at radius 1 is 1.44 bits per heavy atom. The van der Waals surface area contributed by atoms with Crippen LogP contribution in [0.5, 0.6) is 0 Å². The molecule has 1 aromatic carbocycles. The second kappa shape index (κ2) is 5.09. The highest BCUT2D eigenvalue weighted by Gasteiger charge is 2.38. The van der Waals surface area contributed by atoms with E-state index in [2.05, 4.69) is 12.3 Å². The van der Waals surface area contributed by atoms with Crippen molar-refractivity contribution in [2.24, 2.45) is 0 Å². The maximum atomic E-state index is 10.3. The van der Waals surface area contributed by atoms with Crippen LogP contribution in [0.2, 0.25) is 0 Å². The highest BCUT2D eigenvalue weighted by atomic mass is 16.7. The molecule has 1 aliphatic heterocycles. The van der Waals surface area contributed by atoms with E-state index in [0.717, 1.165) is 5.56 Å². The van der Waals surface area contributed by atoms with Gasteiger partial charge in [0.1, 0.15) is 12.2 Å². The summed E-state index contributed by atoms with van der Waals surface area (Å²) in [7, 11) is 0. The van der Waals surface area contributed by atoms with Crippen molar-refractivity contribution in [2.45, 2.75) is 31.8 Å². The third-order valence-electron chi connectivity index (χ3n) is 2.95. The van der Waals surface area contributed by atoms with Crippen LogP contribution in [0.1, 0.15) is 19.4 Å². The van der Waals surface area contributed by atoms with Gasteiger partial charge in [-0.1, -0.05) is 36.9 Å². The average molecular weight is 246 g/mol. The fourth-order valence-electron chi connectivity index (χ4n) is 2.05. The van der Waals surface area contributed by atoms with Gasteiger partial charge in [0.05, 0.1) is 6.61 Å². The van der Waals surface area contributed by atoms with Crippen LogP contribution in [0.15, 0.2) is 42.6 Å². The van der Waals surface area contributed by atoms with Crippen molar-refractivity contribution in [3.8, 4) is 0 Å². The van der Waals surface area contributed by atoms with E-state index in [1.807, 2.05) is 44.2 Å². The van der Waals surface area contributed by atoms with Crippen molar-refractivity contribution in [1.82, 2.24) is 0 Å². The lowest BCUT2D eigenvalue weighted by Gasteiger charge is -2.21. The van der Waals surface area contributed by atoms with Crippen molar-refractivity contribution in [3.63, 3.8) is 0 Å². The van der Waals surface area contributed by atoms with Gasteiger partial charge in [0.25, 0.3) is 0 Å². The van der Waals surface area contributed by atoms with Crippen LogP contribution in [0, 0.1) is 0 Å². The molecule has 1 aromatic rings. The Balaban J connectivity index is 2.18. The molecule has 1 heterocycles. The van der Waals surface area contributed by atoms with E-state index in [9.17, 15) is 5.11 Å². The van der Waals surface area contributed by atoms with Gasteiger partial charge in [-0.05, 0) is 19.4 Å². The maximum Gasteiger partial charge on any atom is 0.163 e. The predicted molar refractivity (Wildman–Crippen MR) is 69.9 cm³/mol. The van der Waals surface area contributed by atoms with E-state index in [4.69, 9.17) is 9.47 Å². The van der Waals surface area contributed by atoms with Gasteiger partial charge < -0.3 is 14.6 Å². The number of benzene rings is 1. The van der Waals surface area contributed by atoms with Crippen molar-refractivity contribution >= 4 is 5.57 Å². The molecule has 1 saturated heterocycles. The van der Waals surface area contributed by atoms with Crippen molar-refractivity contribution in [2.75, 3.05) is 6.61 Å². The normalized spacial score (nSPS) is 23.4. The maximum absolute atomic E-state index is 10.3. The van der Waals surface area contributed by atoms with Gasteiger partial charge in [-0.15, -0.1) is 5.73 Å². The number of aliphatic hydroxyl groups excluding tert-OH is 1. The van der Waals surface area contributed by atoms with Crippen LogP contribution in [0.25, 0.3) is 5.57 Å². The van der Waals surface area contributed by atoms with Crippen molar-refractivity contribution < 1.29 is 14.6 Å². The van der Waals surface area contributed by atoms with E-state index < -0.39 is 11.9 Å². The Morgan fingerprint density at radius 2 is 2.11 bits per heavy atom. The number of ether oxygens (including phenoxy) is 2. The molecule has 0 bridgehead atoms. The van der Waals surface area contributed by atoms with Crippen LogP contribution in [-0.4, -0.2) is 29.7 Å². The molecule has 1 aliphatic rings. The largest absolute Gasteiger partial charge is 0.385 e. The zero-order valence-electron chi connectivity index (χ0n) is 10.7. The molecule has 0 aromatic heterocycles. The topological polar surface area (TPSA) is 38.7 Å². The second-order valence-electron chi connectivity index (χ2n) is 4.77. The first kappa shape index (κ1) is 13.1. The fraction of sp³-hybridized carbons (Fsp3) is 0.400. The minimum absolute atomic E-state index is 0.367. The predicted octanol–water partition coefficient (Wildman–Crippen LogP) is 2.37. The average Bonchev–Trinajstić information content (AvgIpc) is 2.72. The molecule has 18 heavy (non-hydrogen) atoms. The molecule has 0 spiro atoms. The number of hydrogen-bond acceptors (Lipinski definition) is 3. The summed E-state index contributed by atoms with van der Waals surface area (Å²) in [6, 6.07) is 9.58. The highest BCUT2D eigenvalue weighted by Crippen LogP contribution is 2.29. The third-order valence-corrected chi connectivity index (χ3v) is 2.95. The summed E-state index contributed by atoms with van der Waals surface area (Å²) in [5.74, 6) is -0.644. The lowest BCUT2D eigenvalue weighted by atomic mass is 9.98. The van der Waals surface area contributed by atoms with Crippen LogP contribution < -0.4 is 0 Å². The van der Waals surface area contributed by atoms with Gasteiger partial charge >= 0.3 is 0 Å². The molecule has 3 heteroatoms. The minimum Gasteiger partial charge on any atom is -0.385 e. The fourth-order valence-corrected chi connectivity index (χ4v) is 2.05. The first-order valence-electron chi connectivity index (χ1n) is 5.99. The highest BCUT2D eigenvalue weighted by molar-refractivity contribution is 5.68. The SMILES string of the molecule is C=C=C(c1ccccc1)C(O)[C@H]1COC(C)(C)O1. The second-order valence-corrected chi connectivity index (χ2v) is 4.77. The minimum atomic E-state index is -0.785. The van der Waals surface area contributed by atoms with Gasteiger partial charge in [-0.2, -0.15) is 0 Å². The van der Waals surface area contributed by atoms with Crippen LogP contribution in [-0.2, 0) is 9.47 Å². The van der Waals surface area contributed by atoms with Gasteiger partial charge in [-0.3, -0.25) is 0 Å². The summed E-state index contributed by atoms with van der Waals surface area (Å²) in [5.41, 5.74) is 4.34. The van der Waals surface area contributed by atoms with Gasteiger partial charge in [-0.25, -0.2) is 0 Å². The Labute approximate surface area is 107 Å².